The molecule has 1 aromatic rings. The van der Waals surface area contributed by atoms with Gasteiger partial charge in [-0.2, -0.15) is 17.4 Å². The zero-order valence-electron chi connectivity index (χ0n) is 11.4. The highest BCUT2D eigenvalue weighted by Crippen LogP contribution is 2.18. The molecule has 2 heterocycles. The van der Waals surface area contributed by atoms with Gasteiger partial charge in [-0.15, -0.1) is 0 Å². The smallest absolute Gasteiger partial charge is 0.304 e. The fourth-order valence-corrected chi connectivity index (χ4v) is 4.24. The van der Waals surface area contributed by atoms with Crippen LogP contribution < -0.4 is 14.9 Å². The van der Waals surface area contributed by atoms with E-state index in [4.69, 9.17) is 0 Å². The van der Waals surface area contributed by atoms with E-state index in [1.54, 1.807) is 5.38 Å². The van der Waals surface area contributed by atoms with E-state index in [0.717, 1.165) is 30.7 Å². The molecule has 0 saturated carbocycles. The van der Waals surface area contributed by atoms with Gasteiger partial charge in [-0.1, -0.05) is 11.3 Å². The molecule has 2 rings (SSSR count). The monoisotopic (exact) mass is 320 g/mol. The third kappa shape index (κ3) is 4.13. The van der Waals surface area contributed by atoms with E-state index >= 15 is 0 Å². The summed E-state index contributed by atoms with van der Waals surface area (Å²) in [6, 6.07) is 0. The molecule has 0 aromatic carbocycles. The van der Waals surface area contributed by atoms with E-state index in [2.05, 4.69) is 15.0 Å². The van der Waals surface area contributed by atoms with Crippen LogP contribution in [-0.4, -0.2) is 44.4 Å². The molecule has 3 N–H and O–H groups in total. The first kappa shape index (κ1) is 15.6. The average Bonchev–Trinajstić information content (AvgIpc) is 2.83. The van der Waals surface area contributed by atoms with Gasteiger partial charge in [0, 0.05) is 24.2 Å². The molecule has 1 aliphatic rings. The van der Waals surface area contributed by atoms with Crippen molar-refractivity contribution in [2.45, 2.75) is 19.4 Å². The Bertz CT molecular complexity index is 578. The molecule has 0 radical (unpaired) electrons. The Morgan fingerprint density at radius 2 is 2.35 bits per heavy atom. The lowest BCUT2D eigenvalue weighted by Gasteiger charge is -2.31. The van der Waals surface area contributed by atoms with E-state index in [-0.39, 0.29) is 11.4 Å². The maximum absolute atomic E-state index is 12.2. The highest BCUT2D eigenvalue weighted by Gasteiger charge is 2.28. The van der Waals surface area contributed by atoms with Crippen LogP contribution >= 0.6 is 11.3 Å². The Balaban J connectivity index is 1.93. The summed E-state index contributed by atoms with van der Waals surface area (Å²) in [4.78, 5) is 13.4. The van der Waals surface area contributed by atoms with E-state index < -0.39 is 10.2 Å². The normalized spacial score (nSPS) is 21.1. The largest absolute Gasteiger partial charge is 0.319 e. The zero-order valence-corrected chi connectivity index (χ0v) is 13.0. The predicted octanol–water partition coefficient (Wildman–Crippen LogP) is -0.298. The standard InChI is InChI=1S/C11H20N4O3S2/c1-12-5-9-3-2-4-15(7-9)20(17,18)13-6-10-8-19-11(16)14-10/h8-9,12-13H,2-7H2,1H3,(H,14,16). The molecule has 1 aliphatic heterocycles. The van der Waals surface area contributed by atoms with Crippen molar-refractivity contribution in [3.05, 3.63) is 20.7 Å². The van der Waals surface area contributed by atoms with Gasteiger partial charge in [0.1, 0.15) is 0 Å². The molecule has 0 aliphatic carbocycles. The topological polar surface area (TPSA) is 94.3 Å². The molecule has 0 bridgehead atoms. The summed E-state index contributed by atoms with van der Waals surface area (Å²) in [6.45, 7) is 2.03. The second-order valence-electron chi connectivity index (χ2n) is 4.92. The van der Waals surface area contributed by atoms with Crippen molar-refractivity contribution in [2.24, 2.45) is 5.92 Å². The third-order valence-electron chi connectivity index (χ3n) is 3.33. The summed E-state index contributed by atoms with van der Waals surface area (Å²) < 4.78 is 28.5. The number of aromatic nitrogens is 1. The van der Waals surface area contributed by atoms with Crippen molar-refractivity contribution in [3.8, 4) is 0 Å². The molecule has 1 unspecified atom stereocenters. The fraction of sp³-hybridized carbons (Fsp3) is 0.727. The first-order valence-corrected chi connectivity index (χ1v) is 8.89. The summed E-state index contributed by atoms with van der Waals surface area (Å²) in [7, 11) is -1.61. The molecular weight excluding hydrogens is 300 g/mol. The van der Waals surface area contributed by atoms with Crippen LogP contribution in [-0.2, 0) is 16.8 Å². The van der Waals surface area contributed by atoms with Gasteiger partial charge in [0.25, 0.3) is 10.2 Å². The minimum Gasteiger partial charge on any atom is -0.319 e. The third-order valence-corrected chi connectivity index (χ3v) is 5.57. The van der Waals surface area contributed by atoms with Crippen LogP contribution in [0.3, 0.4) is 0 Å². The maximum atomic E-state index is 12.2. The van der Waals surface area contributed by atoms with E-state index in [0.29, 0.717) is 24.7 Å². The van der Waals surface area contributed by atoms with Gasteiger partial charge >= 0.3 is 4.87 Å². The summed E-state index contributed by atoms with van der Waals surface area (Å²) in [6.07, 6.45) is 1.92. The number of nitrogens with one attached hydrogen (secondary N) is 3. The lowest BCUT2D eigenvalue weighted by atomic mass is 10.00. The van der Waals surface area contributed by atoms with E-state index in [1.807, 2.05) is 7.05 Å². The van der Waals surface area contributed by atoms with Crippen molar-refractivity contribution in [1.82, 2.24) is 19.3 Å². The number of hydrogen-bond acceptors (Lipinski definition) is 5. The average molecular weight is 320 g/mol. The Labute approximate surface area is 122 Å². The maximum Gasteiger partial charge on any atom is 0.304 e. The number of aromatic amines is 1. The number of nitrogens with zero attached hydrogens (tertiary/aromatic N) is 1. The molecule has 0 amide bonds. The van der Waals surface area contributed by atoms with Gasteiger partial charge < -0.3 is 10.3 Å². The first-order chi connectivity index (χ1) is 9.51. The van der Waals surface area contributed by atoms with Crippen molar-refractivity contribution >= 4 is 21.5 Å². The number of hydrogen-bond donors (Lipinski definition) is 3. The molecule has 7 nitrogen and oxygen atoms in total. The summed E-state index contributed by atoms with van der Waals surface area (Å²) in [5, 5.41) is 4.72. The van der Waals surface area contributed by atoms with Crippen LogP contribution in [0.15, 0.2) is 10.2 Å². The van der Waals surface area contributed by atoms with Crippen molar-refractivity contribution < 1.29 is 8.42 Å². The Morgan fingerprint density at radius 1 is 1.55 bits per heavy atom. The highest BCUT2D eigenvalue weighted by atomic mass is 32.2. The molecule has 1 atom stereocenters. The quantitative estimate of drug-likeness (QED) is 0.671. The summed E-state index contributed by atoms with van der Waals surface area (Å²) in [5.41, 5.74) is 0.590. The molecule has 0 spiro atoms. The van der Waals surface area contributed by atoms with Crippen LogP contribution in [0.1, 0.15) is 18.5 Å². The summed E-state index contributed by atoms with van der Waals surface area (Å²) in [5.74, 6) is 0.353. The molecule has 1 saturated heterocycles. The van der Waals surface area contributed by atoms with Crippen LogP contribution in [0, 0.1) is 5.92 Å². The lowest BCUT2D eigenvalue weighted by molar-refractivity contribution is 0.261. The first-order valence-electron chi connectivity index (χ1n) is 6.57. The zero-order chi connectivity index (χ0) is 14.6. The second-order valence-corrected chi connectivity index (χ2v) is 7.52. The molecule has 20 heavy (non-hydrogen) atoms. The molecule has 9 heteroatoms. The number of piperidine rings is 1. The van der Waals surface area contributed by atoms with Crippen LogP contribution in [0.2, 0.25) is 0 Å². The Morgan fingerprint density at radius 3 is 3.00 bits per heavy atom. The number of thiazole rings is 1. The molecule has 114 valence electrons. The minimum absolute atomic E-state index is 0.119. The van der Waals surface area contributed by atoms with E-state index in [9.17, 15) is 13.2 Å². The predicted molar refractivity (Wildman–Crippen MR) is 78.9 cm³/mol. The van der Waals surface area contributed by atoms with Crippen molar-refractivity contribution in [2.75, 3.05) is 26.7 Å². The molecule has 1 aromatic heterocycles. The second kappa shape index (κ2) is 6.81. The van der Waals surface area contributed by atoms with Crippen LogP contribution in [0.5, 0.6) is 0 Å². The highest BCUT2D eigenvalue weighted by molar-refractivity contribution is 7.87. The Hall–Kier alpha value is -0.740. The molecule has 1 fully saturated rings. The van der Waals surface area contributed by atoms with Gasteiger partial charge in [0.2, 0.25) is 0 Å². The van der Waals surface area contributed by atoms with Crippen molar-refractivity contribution in [1.29, 1.82) is 0 Å². The van der Waals surface area contributed by atoms with Gasteiger partial charge in [-0.25, -0.2) is 0 Å². The van der Waals surface area contributed by atoms with Gasteiger partial charge in [-0.05, 0) is 32.4 Å². The van der Waals surface area contributed by atoms with Gasteiger partial charge in [-0.3, -0.25) is 4.79 Å². The van der Waals surface area contributed by atoms with Crippen molar-refractivity contribution in [3.63, 3.8) is 0 Å². The Kier molecular flexibility index (Phi) is 5.33. The SMILES string of the molecule is CNCC1CCCN(S(=O)(=O)NCc2csc(=O)[nH]2)C1. The van der Waals surface area contributed by atoms with Crippen LogP contribution in [0.25, 0.3) is 0 Å². The summed E-state index contributed by atoms with van der Waals surface area (Å²) >= 11 is 1.03. The van der Waals surface area contributed by atoms with Gasteiger partial charge in [0.15, 0.2) is 0 Å². The minimum atomic E-state index is -3.49. The molecular formula is C11H20N4O3S2. The number of rotatable bonds is 6. The van der Waals surface area contributed by atoms with Gasteiger partial charge in [0.05, 0.1) is 6.54 Å². The number of H-pyrrole nitrogens is 1. The lowest BCUT2D eigenvalue weighted by Crippen LogP contribution is -2.47. The van der Waals surface area contributed by atoms with Crippen LogP contribution in [0.4, 0.5) is 0 Å². The fourth-order valence-electron chi connectivity index (χ4n) is 2.36. The van der Waals surface area contributed by atoms with E-state index in [1.165, 1.54) is 4.31 Å².